The van der Waals surface area contributed by atoms with Crippen molar-refractivity contribution in [3.8, 4) is 0 Å². The lowest BCUT2D eigenvalue weighted by Crippen LogP contribution is -2.30. The molecule has 0 radical (unpaired) electrons. The molecule has 0 aliphatic rings. The lowest BCUT2D eigenvalue weighted by Gasteiger charge is -2.21. The number of carbonyl (C=O) groups excluding carboxylic acids is 3. The Morgan fingerprint density at radius 1 is 0.456 bits per heavy atom. The summed E-state index contributed by atoms with van der Waals surface area (Å²) in [5, 5.41) is 19.7. The topological polar surface area (TPSA) is 231 Å². The van der Waals surface area contributed by atoms with Gasteiger partial charge >= 0.3 is 33.6 Å². The number of carbonyl (C=O) groups is 3. The van der Waals surface area contributed by atoms with Crippen LogP contribution in [0.4, 0.5) is 0 Å². The zero-order valence-electron chi connectivity index (χ0n) is 35.0. The minimum Gasteiger partial charge on any atom is -0.462 e. The Bertz CT molecular complexity index is 1110. The maximum absolute atomic E-state index is 12.6. The summed E-state index contributed by atoms with van der Waals surface area (Å²) in [7, 11) is -9.70. The molecule has 0 saturated carbocycles. The lowest BCUT2D eigenvalue weighted by molar-refractivity contribution is -0.161. The second-order valence-electron chi connectivity index (χ2n) is 14.5. The maximum atomic E-state index is 12.6. The summed E-state index contributed by atoms with van der Waals surface area (Å²) >= 11 is 0. The van der Waals surface area contributed by atoms with Gasteiger partial charge in [0, 0.05) is 19.3 Å². The van der Waals surface area contributed by atoms with Crippen LogP contribution in [0.25, 0.3) is 0 Å². The second-order valence-corrected chi connectivity index (χ2v) is 17.4. The summed E-state index contributed by atoms with van der Waals surface area (Å²) in [6.45, 7) is 2.25. The van der Waals surface area contributed by atoms with Gasteiger partial charge in [-0.15, -0.1) is 0 Å². The first-order valence-electron chi connectivity index (χ1n) is 21.3. The van der Waals surface area contributed by atoms with E-state index in [0.29, 0.717) is 19.3 Å². The molecule has 57 heavy (non-hydrogen) atoms. The smallest absolute Gasteiger partial charge is 0.462 e. The Balaban J connectivity index is 4.79. The molecular formula is C39H76O16P2. The fraction of sp³-hybridized carbons (Fsp3) is 0.923. The number of phosphoric ester groups is 2. The molecule has 0 aromatic carbocycles. The molecule has 0 saturated heterocycles. The van der Waals surface area contributed by atoms with E-state index in [-0.39, 0.29) is 19.3 Å². The van der Waals surface area contributed by atoms with Gasteiger partial charge in [0.25, 0.3) is 0 Å². The molecule has 0 heterocycles. The SMILES string of the molecule is CCCCCCCCCC(=O)OC[C@H](COP(=O)(O)OC[C@@H](O)COP(=O)(O)OC[C@@H](CO)OC(=O)CCCCCCCCC)OC(=O)CCCCCCCCC. The summed E-state index contributed by atoms with van der Waals surface area (Å²) < 4.78 is 60.0. The number of ether oxygens (including phenoxy) is 3. The number of aliphatic hydroxyl groups excluding tert-OH is 2. The molecule has 0 rings (SSSR count). The molecular weight excluding hydrogens is 786 g/mol. The highest BCUT2D eigenvalue weighted by Crippen LogP contribution is 2.45. The summed E-state index contributed by atoms with van der Waals surface area (Å²) in [4.78, 5) is 57.2. The molecule has 4 N–H and O–H groups in total. The number of unbranched alkanes of at least 4 members (excludes halogenated alkanes) is 18. The van der Waals surface area contributed by atoms with Crippen LogP contribution in [-0.2, 0) is 55.8 Å². The monoisotopic (exact) mass is 862 g/mol. The van der Waals surface area contributed by atoms with Gasteiger partial charge in [-0.05, 0) is 19.3 Å². The van der Waals surface area contributed by atoms with E-state index in [9.17, 15) is 43.5 Å². The number of phosphoric acid groups is 2. The molecule has 0 fully saturated rings. The molecule has 16 nitrogen and oxygen atoms in total. The minimum absolute atomic E-state index is 0.110. The van der Waals surface area contributed by atoms with Crippen LogP contribution < -0.4 is 0 Å². The number of rotatable bonds is 41. The van der Waals surface area contributed by atoms with Crippen molar-refractivity contribution >= 4 is 33.6 Å². The first kappa shape index (κ1) is 55.5. The molecule has 0 bridgehead atoms. The largest absolute Gasteiger partial charge is 0.472 e. The Morgan fingerprint density at radius 3 is 1.16 bits per heavy atom. The van der Waals surface area contributed by atoms with Gasteiger partial charge in [-0.1, -0.05) is 136 Å². The number of aliphatic hydroxyl groups is 2. The van der Waals surface area contributed by atoms with Gasteiger partial charge in [-0.3, -0.25) is 32.5 Å². The van der Waals surface area contributed by atoms with Crippen molar-refractivity contribution in [2.24, 2.45) is 0 Å². The van der Waals surface area contributed by atoms with E-state index in [2.05, 4.69) is 20.8 Å². The average Bonchev–Trinajstić information content (AvgIpc) is 3.18. The Labute approximate surface area is 341 Å². The predicted octanol–water partition coefficient (Wildman–Crippen LogP) is 8.40. The molecule has 338 valence electrons. The van der Waals surface area contributed by atoms with E-state index in [0.717, 1.165) is 96.3 Å². The Morgan fingerprint density at radius 2 is 0.772 bits per heavy atom. The molecule has 2 unspecified atom stereocenters. The van der Waals surface area contributed by atoms with Gasteiger partial charge in [-0.25, -0.2) is 9.13 Å². The van der Waals surface area contributed by atoms with Crippen LogP contribution in [0.5, 0.6) is 0 Å². The van der Waals surface area contributed by atoms with Gasteiger partial charge < -0.3 is 34.2 Å². The van der Waals surface area contributed by atoms with Gasteiger partial charge in [0.2, 0.25) is 0 Å². The van der Waals surface area contributed by atoms with E-state index in [4.69, 9.17) is 32.3 Å². The first-order valence-corrected chi connectivity index (χ1v) is 24.3. The maximum Gasteiger partial charge on any atom is 0.472 e. The summed E-state index contributed by atoms with van der Waals surface area (Å²) in [6.07, 6.45) is 17.4. The minimum atomic E-state index is -4.88. The number of esters is 3. The lowest BCUT2D eigenvalue weighted by atomic mass is 10.1. The van der Waals surface area contributed by atoms with Crippen LogP contribution in [0.2, 0.25) is 0 Å². The van der Waals surface area contributed by atoms with Crippen molar-refractivity contribution in [1.82, 2.24) is 0 Å². The molecule has 0 amide bonds. The van der Waals surface area contributed by atoms with Crippen LogP contribution in [0.15, 0.2) is 0 Å². The van der Waals surface area contributed by atoms with Crippen LogP contribution in [0.3, 0.4) is 0 Å². The molecule has 0 aromatic heterocycles. The van der Waals surface area contributed by atoms with Crippen molar-refractivity contribution in [2.45, 2.75) is 193 Å². The predicted molar refractivity (Wildman–Crippen MR) is 215 cm³/mol. The van der Waals surface area contributed by atoms with Crippen molar-refractivity contribution in [1.29, 1.82) is 0 Å². The molecule has 5 atom stereocenters. The van der Waals surface area contributed by atoms with E-state index in [1.165, 1.54) is 19.3 Å². The first-order chi connectivity index (χ1) is 27.3. The summed E-state index contributed by atoms with van der Waals surface area (Å²) in [5.74, 6) is -1.67. The van der Waals surface area contributed by atoms with E-state index in [1.54, 1.807) is 0 Å². The normalized spacial score (nSPS) is 15.3. The number of hydrogen-bond donors (Lipinski definition) is 4. The van der Waals surface area contributed by atoms with Gasteiger partial charge in [0.15, 0.2) is 6.10 Å². The highest BCUT2D eigenvalue weighted by atomic mass is 31.2. The molecule has 0 aliphatic heterocycles. The third-order valence-electron chi connectivity index (χ3n) is 8.89. The quantitative estimate of drug-likeness (QED) is 0.0196. The fourth-order valence-corrected chi connectivity index (χ4v) is 7.08. The van der Waals surface area contributed by atoms with Gasteiger partial charge in [0.1, 0.15) is 18.8 Å². The molecule has 18 heteroatoms. The number of hydrogen-bond acceptors (Lipinski definition) is 14. The van der Waals surface area contributed by atoms with Crippen LogP contribution in [0, 0.1) is 0 Å². The van der Waals surface area contributed by atoms with Crippen molar-refractivity contribution in [3.05, 3.63) is 0 Å². The van der Waals surface area contributed by atoms with E-state index >= 15 is 0 Å². The molecule has 0 aliphatic carbocycles. The van der Waals surface area contributed by atoms with Crippen LogP contribution >= 0.6 is 15.6 Å². The summed E-state index contributed by atoms with van der Waals surface area (Å²) in [6, 6.07) is 0. The Kier molecular flexibility index (Phi) is 35.5. The summed E-state index contributed by atoms with van der Waals surface area (Å²) in [5.41, 5.74) is 0. The van der Waals surface area contributed by atoms with Gasteiger partial charge in [0.05, 0.1) is 33.0 Å². The fourth-order valence-electron chi connectivity index (χ4n) is 5.50. The zero-order chi connectivity index (χ0) is 42.6. The van der Waals surface area contributed by atoms with E-state index < -0.39 is 91.5 Å². The zero-order valence-corrected chi connectivity index (χ0v) is 36.8. The third kappa shape index (κ3) is 36.2. The standard InChI is InChI=1S/C39H76O16P2/c1-4-7-10-13-16-19-22-25-37(42)49-31-36(55-39(44)27-24-21-18-15-12-9-6-3)33-53-57(47,48)51-30-34(41)29-50-56(45,46)52-32-35(28-40)54-38(43)26-23-20-17-14-11-8-5-2/h34-36,40-41H,4-33H2,1-3H3,(H,45,46)(H,47,48)/t34-,35+,36+/m0/s1. The second kappa shape index (κ2) is 36.4. The molecule has 0 aromatic rings. The van der Waals surface area contributed by atoms with Gasteiger partial charge in [-0.2, -0.15) is 0 Å². The van der Waals surface area contributed by atoms with E-state index in [1.807, 2.05) is 0 Å². The van der Waals surface area contributed by atoms with Crippen LogP contribution in [-0.4, -0.2) is 95.9 Å². The van der Waals surface area contributed by atoms with Crippen molar-refractivity contribution < 1.29 is 75.8 Å². The average molecular weight is 863 g/mol. The van der Waals surface area contributed by atoms with Crippen LogP contribution in [0.1, 0.15) is 175 Å². The van der Waals surface area contributed by atoms with Crippen molar-refractivity contribution in [2.75, 3.05) is 39.6 Å². The molecule has 0 spiro atoms. The van der Waals surface area contributed by atoms with Crippen molar-refractivity contribution in [3.63, 3.8) is 0 Å². The highest BCUT2D eigenvalue weighted by Gasteiger charge is 2.29. The Hall–Kier alpha value is -1.45. The third-order valence-corrected chi connectivity index (χ3v) is 10.8. The highest BCUT2D eigenvalue weighted by molar-refractivity contribution is 7.47.